The highest BCUT2D eigenvalue weighted by Crippen LogP contribution is 2.10. The van der Waals surface area contributed by atoms with Gasteiger partial charge < -0.3 is 10.4 Å². The first-order chi connectivity index (χ1) is 7.75. The average Bonchev–Trinajstić information content (AvgIpc) is 2.65. The molecule has 0 saturated heterocycles. The fourth-order valence-electron chi connectivity index (χ4n) is 1.58. The van der Waals surface area contributed by atoms with Crippen LogP contribution < -0.4 is 5.32 Å². The lowest BCUT2D eigenvalue weighted by atomic mass is 10.2. The number of hydrogen-bond acceptors (Lipinski definition) is 3. The molecule has 17 heavy (non-hydrogen) atoms. The number of benzene rings is 1. The van der Waals surface area contributed by atoms with Crippen LogP contribution in [0.25, 0.3) is 0 Å². The van der Waals surface area contributed by atoms with Crippen LogP contribution in [-0.4, -0.2) is 14.9 Å². The molecule has 0 aliphatic rings. The smallest absolute Gasteiger partial charge is 0.115 e. The van der Waals surface area contributed by atoms with Gasteiger partial charge in [0.15, 0.2) is 0 Å². The van der Waals surface area contributed by atoms with E-state index in [0.717, 1.165) is 24.3 Å². The minimum atomic E-state index is 0. The molecule has 0 spiro atoms. The first-order valence-corrected chi connectivity index (χ1v) is 5.21. The molecule has 4 nitrogen and oxygen atoms in total. The summed E-state index contributed by atoms with van der Waals surface area (Å²) in [5.74, 6) is 0.305. The van der Waals surface area contributed by atoms with E-state index in [1.54, 1.807) is 18.3 Å². The highest BCUT2D eigenvalue weighted by Gasteiger charge is 1.98. The van der Waals surface area contributed by atoms with E-state index < -0.39 is 0 Å². The molecule has 1 aromatic heterocycles. The Morgan fingerprint density at radius 1 is 1.29 bits per heavy atom. The van der Waals surface area contributed by atoms with E-state index in [1.807, 2.05) is 29.9 Å². The fraction of sp³-hybridized carbons (Fsp3) is 0.250. The molecule has 0 radical (unpaired) electrons. The summed E-state index contributed by atoms with van der Waals surface area (Å²) in [6.45, 7) is 1.51. The minimum absolute atomic E-state index is 0. The average molecular weight is 254 g/mol. The van der Waals surface area contributed by atoms with Crippen molar-refractivity contribution in [2.75, 3.05) is 0 Å². The van der Waals surface area contributed by atoms with Crippen LogP contribution in [0.4, 0.5) is 0 Å². The second kappa shape index (κ2) is 6.27. The zero-order valence-corrected chi connectivity index (χ0v) is 10.4. The Morgan fingerprint density at radius 2 is 2.12 bits per heavy atom. The molecule has 0 unspecified atom stereocenters. The van der Waals surface area contributed by atoms with Crippen molar-refractivity contribution in [3.05, 3.63) is 47.8 Å². The maximum Gasteiger partial charge on any atom is 0.115 e. The van der Waals surface area contributed by atoms with Crippen LogP contribution in [0.15, 0.2) is 36.5 Å². The molecule has 0 amide bonds. The zero-order chi connectivity index (χ0) is 11.4. The van der Waals surface area contributed by atoms with Crippen molar-refractivity contribution < 1.29 is 5.11 Å². The molecule has 2 N–H and O–H groups in total. The van der Waals surface area contributed by atoms with E-state index >= 15 is 0 Å². The van der Waals surface area contributed by atoms with Gasteiger partial charge in [0.1, 0.15) is 5.75 Å². The second-order valence-corrected chi connectivity index (χ2v) is 3.72. The van der Waals surface area contributed by atoms with Gasteiger partial charge in [-0.3, -0.25) is 4.68 Å². The number of halogens is 1. The van der Waals surface area contributed by atoms with Crippen LogP contribution >= 0.6 is 12.4 Å². The molecule has 0 bridgehead atoms. The van der Waals surface area contributed by atoms with E-state index in [2.05, 4.69) is 10.4 Å². The lowest BCUT2D eigenvalue weighted by Gasteiger charge is -2.05. The minimum Gasteiger partial charge on any atom is -0.508 e. The third kappa shape index (κ3) is 3.76. The van der Waals surface area contributed by atoms with Crippen molar-refractivity contribution in [1.82, 2.24) is 15.1 Å². The van der Waals surface area contributed by atoms with E-state index in [4.69, 9.17) is 0 Å². The van der Waals surface area contributed by atoms with Gasteiger partial charge >= 0.3 is 0 Å². The number of phenolic OH excluding ortho intramolecular Hbond substituents is 1. The van der Waals surface area contributed by atoms with Gasteiger partial charge in [-0.2, -0.15) is 5.10 Å². The van der Waals surface area contributed by atoms with Crippen LogP contribution in [0, 0.1) is 0 Å². The molecule has 1 heterocycles. The first kappa shape index (κ1) is 13.5. The van der Waals surface area contributed by atoms with Crippen LogP contribution in [0.3, 0.4) is 0 Å². The Hall–Kier alpha value is -1.52. The predicted octanol–water partition coefficient (Wildman–Crippen LogP) is 1.84. The second-order valence-electron chi connectivity index (χ2n) is 3.72. The van der Waals surface area contributed by atoms with Gasteiger partial charge in [-0.05, 0) is 23.8 Å². The summed E-state index contributed by atoms with van der Waals surface area (Å²) < 4.78 is 1.84. The first-order valence-electron chi connectivity index (χ1n) is 5.21. The van der Waals surface area contributed by atoms with Crippen molar-refractivity contribution in [1.29, 1.82) is 0 Å². The number of aromatic hydroxyl groups is 1. The van der Waals surface area contributed by atoms with Crippen LogP contribution in [0.5, 0.6) is 5.75 Å². The van der Waals surface area contributed by atoms with Crippen LogP contribution in [0.2, 0.25) is 0 Å². The molecule has 0 aliphatic heterocycles. The highest BCUT2D eigenvalue weighted by molar-refractivity contribution is 5.85. The number of aryl methyl sites for hydroxylation is 1. The van der Waals surface area contributed by atoms with Gasteiger partial charge in [0, 0.05) is 26.3 Å². The molecule has 0 saturated carbocycles. The summed E-state index contributed by atoms with van der Waals surface area (Å²) in [6, 6.07) is 9.24. The van der Waals surface area contributed by atoms with Crippen molar-refractivity contribution in [3.8, 4) is 5.75 Å². The van der Waals surface area contributed by atoms with Crippen LogP contribution in [0.1, 0.15) is 11.3 Å². The van der Waals surface area contributed by atoms with Gasteiger partial charge in [0.25, 0.3) is 0 Å². The van der Waals surface area contributed by atoms with Gasteiger partial charge in [0.2, 0.25) is 0 Å². The zero-order valence-electron chi connectivity index (χ0n) is 9.63. The Kier molecular flexibility index (Phi) is 5.00. The van der Waals surface area contributed by atoms with Gasteiger partial charge in [-0.1, -0.05) is 12.1 Å². The van der Waals surface area contributed by atoms with Crippen LogP contribution in [-0.2, 0) is 20.1 Å². The summed E-state index contributed by atoms with van der Waals surface area (Å²) in [4.78, 5) is 0. The molecule has 0 atom stereocenters. The predicted molar refractivity (Wildman–Crippen MR) is 69.1 cm³/mol. The summed E-state index contributed by atoms with van der Waals surface area (Å²) in [5, 5.41) is 16.7. The monoisotopic (exact) mass is 253 g/mol. The summed E-state index contributed by atoms with van der Waals surface area (Å²) in [7, 11) is 1.92. The summed E-state index contributed by atoms with van der Waals surface area (Å²) in [5.41, 5.74) is 2.21. The molecule has 92 valence electrons. The SMILES string of the molecule is Cl.Cn1nccc1CNCc1cccc(O)c1. The topological polar surface area (TPSA) is 50.1 Å². The quantitative estimate of drug-likeness (QED) is 0.874. The Labute approximate surface area is 107 Å². The maximum absolute atomic E-state index is 9.30. The Balaban J connectivity index is 0.00000144. The van der Waals surface area contributed by atoms with E-state index in [1.165, 1.54) is 0 Å². The molecule has 0 fully saturated rings. The summed E-state index contributed by atoms with van der Waals surface area (Å²) >= 11 is 0. The van der Waals surface area contributed by atoms with E-state index in [0.29, 0.717) is 5.75 Å². The van der Waals surface area contributed by atoms with E-state index in [9.17, 15) is 5.11 Å². The number of nitrogens with one attached hydrogen (secondary N) is 1. The van der Waals surface area contributed by atoms with Gasteiger partial charge in [0.05, 0.1) is 5.69 Å². The highest BCUT2D eigenvalue weighted by atomic mass is 35.5. The lowest BCUT2D eigenvalue weighted by molar-refractivity contribution is 0.474. The molecule has 0 aliphatic carbocycles. The Morgan fingerprint density at radius 3 is 2.76 bits per heavy atom. The van der Waals surface area contributed by atoms with Crippen molar-refractivity contribution >= 4 is 12.4 Å². The maximum atomic E-state index is 9.30. The van der Waals surface area contributed by atoms with Crippen molar-refractivity contribution in [3.63, 3.8) is 0 Å². The molecular weight excluding hydrogens is 238 g/mol. The summed E-state index contributed by atoms with van der Waals surface area (Å²) in [6.07, 6.45) is 1.78. The van der Waals surface area contributed by atoms with Gasteiger partial charge in [-0.15, -0.1) is 12.4 Å². The molecular formula is C12H16ClN3O. The number of hydrogen-bond donors (Lipinski definition) is 2. The van der Waals surface area contributed by atoms with Crippen molar-refractivity contribution in [2.45, 2.75) is 13.1 Å². The standard InChI is InChI=1S/C12H15N3O.ClH/c1-15-11(5-6-14-15)9-13-8-10-3-2-4-12(16)7-10;/h2-7,13,16H,8-9H2,1H3;1H. The third-order valence-corrected chi connectivity index (χ3v) is 2.47. The molecule has 2 rings (SSSR count). The normalized spacial score (nSPS) is 9.94. The third-order valence-electron chi connectivity index (χ3n) is 2.47. The van der Waals surface area contributed by atoms with E-state index in [-0.39, 0.29) is 12.4 Å². The Bertz CT molecular complexity index is 470. The molecule has 2 aromatic rings. The number of rotatable bonds is 4. The van der Waals surface area contributed by atoms with Gasteiger partial charge in [-0.25, -0.2) is 0 Å². The number of phenols is 1. The van der Waals surface area contributed by atoms with Crippen molar-refractivity contribution in [2.24, 2.45) is 7.05 Å². The molecule has 1 aromatic carbocycles. The molecule has 5 heteroatoms. The fourth-order valence-corrected chi connectivity index (χ4v) is 1.58. The number of nitrogens with zero attached hydrogens (tertiary/aromatic N) is 2. The lowest BCUT2D eigenvalue weighted by Crippen LogP contribution is -2.15. The number of aromatic nitrogens is 2. The largest absolute Gasteiger partial charge is 0.508 e.